The van der Waals surface area contributed by atoms with Gasteiger partial charge in [-0.15, -0.1) is 0 Å². The minimum atomic E-state index is -0.466. The summed E-state index contributed by atoms with van der Waals surface area (Å²) in [7, 11) is 4.50. The van der Waals surface area contributed by atoms with Crippen LogP contribution in [0.1, 0.15) is 25.8 Å². The van der Waals surface area contributed by atoms with Gasteiger partial charge in [0.25, 0.3) is 0 Å². The average molecular weight is 337 g/mol. The van der Waals surface area contributed by atoms with Gasteiger partial charge in [0.1, 0.15) is 6.61 Å². The standard InChI is InChI=1S/C18H27NO5/c1-13(2)17(15(22-4)11-16(20)23-5)19(3)18(21)24-12-14-9-7-6-8-10-14/h6-10,13,15,17H,11-12H2,1-5H3/t15-,17+/m1/s1. The van der Waals surface area contributed by atoms with Gasteiger partial charge in [-0.3, -0.25) is 4.79 Å². The van der Waals surface area contributed by atoms with Crippen LogP contribution in [0.15, 0.2) is 30.3 Å². The second-order valence-corrected chi connectivity index (χ2v) is 5.94. The summed E-state index contributed by atoms with van der Waals surface area (Å²) in [4.78, 5) is 25.4. The maximum Gasteiger partial charge on any atom is 0.410 e. The summed E-state index contributed by atoms with van der Waals surface area (Å²) in [5.74, 6) is -0.299. The monoisotopic (exact) mass is 337 g/mol. The van der Waals surface area contributed by atoms with Crippen LogP contribution in [-0.2, 0) is 25.6 Å². The van der Waals surface area contributed by atoms with Crippen LogP contribution in [0.2, 0.25) is 0 Å². The molecule has 0 aromatic heterocycles. The SMILES string of the molecule is COC(=O)C[C@@H](OC)[C@H](C(C)C)N(C)C(=O)OCc1ccccc1. The fourth-order valence-electron chi connectivity index (χ4n) is 2.66. The predicted octanol–water partition coefficient (Wildman–Crippen LogP) is 2.86. The molecular weight excluding hydrogens is 310 g/mol. The summed E-state index contributed by atoms with van der Waals surface area (Å²) in [5, 5.41) is 0. The number of rotatable bonds is 8. The molecule has 0 unspecified atom stereocenters. The van der Waals surface area contributed by atoms with Crippen LogP contribution in [-0.4, -0.2) is 50.4 Å². The van der Waals surface area contributed by atoms with E-state index in [1.165, 1.54) is 19.1 Å². The van der Waals surface area contributed by atoms with Crippen molar-refractivity contribution in [1.29, 1.82) is 0 Å². The Hall–Kier alpha value is -2.08. The first-order valence-electron chi connectivity index (χ1n) is 7.93. The number of likely N-dealkylation sites (N-methyl/N-ethyl adjacent to an activating group) is 1. The number of hydrogen-bond donors (Lipinski definition) is 0. The number of carbonyl (C=O) groups excluding carboxylic acids is 2. The van der Waals surface area contributed by atoms with E-state index in [0.717, 1.165) is 5.56 Å². The Balaban J connectivity index is 2.74. The minimum absolute atomic E-state index is 0.0755. The number of benzene rings is 1. The van der Waals surface area contributed by atoms with Crippen molar-refractivity contribution in [3.05, 3.63) is 35.9 Å². The van der Waals surface area contributed by atoms with Gasteiger partial charge in [-0.2, -0.15) is 0 Å². The average Bonchev–Trinajstić information content (AvgIpc) is 2.59. The maximum absolute atomic E-state index is 12.4. The zero-order valence-corrected chi connectivity index (χ0v) is 15.0. The molecule has 134 valence electrons. The lowest BCUT2D eigenvalue weighted by molar-refractivity contribution is -0.144. The zero-order valence-electron chi connectivity index (χ0n) is 15.0. The molecule has 0 saturated heterocycles. The van der Waals surface area contributed by atoms with Gasteiger partial charge < -0.3 is 19.1 Å². The van der Waals surface area contributed by atoms with E-state index >= 15 is 0 Å². The molecule has 1 amide bonds. The number of carbonyl (C=O) groups is 2. The third-order valence-electron chi connectivity index (χ3n) is 3.90. The number of methoxy groups -OCH3 is 2. The first kappa shape index (κ1) is 20.0. The van der Waals surface area contributed by atoms with Gasteiger partial charge >= 0.3 is 12.1 Å². The number of ether oxygens (including phenoxy) is 3. The molecule has 0 aliphatic rings. The molecular formula is C18H27NO5. The third kappa shape index (κ3) is 5.85. The quantitative estimate of drug-likeness (QED) is 0.683. The lowest BCUT2D eigenvalue weighted by atomic mass is 9.95. The second kappa shape index (κ2) is 9.93. The van der Waals surface area contributed by atoms with Crippen LogP contribution < -0.4 is 0 Å². The third-order valence-corrected chi connectivity index (χ3v) is 3.90. The highest BCUT2D eigenvalue weighted by Crippen LogP contribution is 2.20. The van der Waals surface area contributed by atoms with Gasteiger partial charge in [-0.25, -0.2) is 4.79 Å². The summed E-state index contributed by atoms with van der Waals surface area (Å²) in [6.07, 6.45) is -0.845. The fraction of sp³-hybridized carbons (Fsp3) is 0.556. The molecule has 24 heavy (non-hydrogen) atoms. The molecule has 6 nitrogen and oxygen atoms in total. The first-order valence-corrected chi connectivity index (χ1v) is 7.93. The molecule has 0 aliphatic carbocycles. The second-order valence-electron chi connectivity index (χ2n) is 5.94. The lowest BCUT2D eigenvalue weighted by Crippen LogP contribution is -2.49. The van der Waals surface area contributed by atoms with Crippen molar-refractivity contribution in [3.63, 3.8) is 0 Å². The molecule has 1 rings (SSSR count). The Bertz CT molecular complexity index is 517. The van der Waals surface area contributed by atoms with Crippen molar-refractivity contribution >= 4 is 12.1 Å². The molecule has 0 heterocycles. The van der Waals surface area contributed by atoms with E-state index in [-0.39, 0.29) is 31.0 Å². The fourth-order valence-corrected chi connectivity index (χ4v) is 2.66. The van der Waals surface area contributed by atoms with Crippen LogP contribution >= 0.6 is 0 Å². The molecule has 2 atom stereocenters. The summed E-state index contributed by atoms with van der Waals surface area (Å²) in [5.41, 5.74) is 0.915. The summed E-state index contributed by atoms with van der Waals surface area (Å²) in [6.45, 7) is 4.13. The van der Waals surface area contributed by atoms with Gasteiger partial charge in [0.15, 0.2) is 0 Å². The largest absolute Gasteiger partial charge is 0.469 e. The molecule has 1 aromatic carbocycles. The number of nitrogens with zero attached hydrogens (tertiary/aromatic N) is 1. The van der Waals surface area contributed by atoms with Crippen molar-refractivity contribution in [2.45, 2.75) is 39.0 Å². The zero-order chi connectivity index (χ0) is 18.1. The van der Waals surface area contributed by atoms with Crippen molar-refractivity contribution in [2.75, 3.05) is 21.3 Å². The van der Waals surface area contributed by atoms with Gasteiger partial charge in [0.05, 0.1) is 25.7 Å². The number of amides is 1. The van der Waals surface area contributed by atoms with E-state index < -0.39 is 12.2 Å². The van der Waals surface area contributed by atoms with E-state index in [0.29, 0.717) is 0 Å². The van der Waals surface area contributed by atoms with Crippen molar-refractivity contribution < 1.29 is 23.8 Å². The molecule has 0 spiro atoms. The van der Waals surface area contributed by atoms with Gasteiger partial charge in [0, 0.05) is 14.2 Å². The maximum atomic E-state index is 12.4. The summed E-state index contributed by atoms with van der Waals surface area (Å²) >= 11 is 0. The van der Waals surface area contributed by atoms with Crippen LogP contribution in [0.25, 0.3) is 0 Å². The molecule has 0 radical (unpaired) electrons. The molecule has 0 N–H and O–H groups in total. The van der Waals surface area contributed by atoms with Gasteiger partial charge in [-0.05, 0) is 11.5 Å². The van der Waals surface area contributed by atoms with E-state index in [4.69, 9.17) is 14.2 Å². The van der Waals surface area contributed by atoms with E-state index in [2.05, 4.69) is 0 Å². The van der Waals surface area contributed by atoms with Crippen molar-refractivity contribution in [2.24, 2.45) is 5.92 Å². The first-order chi connectivity index (χ1) is 11.4. The number of hydrogen-bond acceptors (Lipinski definition) is 5. The highest BCUT2D eigenvalue weighted by molar-refractivity contribution is 5.71. The molecule has 0 fully saturated rings. The van der Waals surface area contributed by atoms with Gasteiger partial charge in [-0.1, -0.05) is 44.2 Å². The Morgan fingerprint density at radius 2 is 1.75 bits per heavy atom. The van der Waals surface area contributed by atoms with E-state index in [9.17, 15) is 9.59 Å². The Morgan fingerprint density at radius 1 is 1.12 bits per heavy atom. The summed E-state index contributed by atoms with van der Waals surface area (Å²) < 4.78 is 15.5. The van der Waals surface area contributed by atoms with Crippen molar-refractivity contribution in [3.8, 4) is 0 Å². The molecule has 0 bridgehead atoms. The molecule has 0 aliphatic heterocycles. The Kier molecular flexibility index (Phi) is 8.26. The highest BCUT2D eigenvalue weighted by Gasteiger charge is 2.33. The van der Waals surface area contributed by atoms with Crippen LogP contribution in [0, 0.1) is 5.92 Å². The minimum Gasteiger partial charge on any atom is -0.469 e. The molecule has 1 aromatic rings. The predicted molar refractivity (Wildman–Crippen MR) is 90.4 cm³/mol. The lowest BCUT2D eigenvalue weighted by Gasteiger charge is -2.35. The Morgan fingerprint density at radius 3 is 2.25 bits per heavy atom. The number of esters is 1. The van der Waals surface area contributed by atoms with E-state index in [1.54, 1.807) is 7.05 Å². The van der Waals surface area contributed by atoms with Crippen LogP contribution in [0.4, 0.5) is 4.79 Å². The topological polar surface area (TPSA) is 65.1 Å². The van der Waals surface area contributed by atoms with Gasteiger partial charge in [0.2, 0.25) is 0 Å². The van der Waals surface area contributed by atoms with E-state index in [1.807, 2.05) is 44.2 Å². The molecule has 0 saturated carbocycles. The highest BCUT2D eigenvalue weighted by atomic mass is 16.6. The Labute approximate surface area is 143 Å². The smallest absolute Gasteiger partial charge is 0.410 e. The van der Waals surface area contributed by atoms with Crippen LogP contribution in [0.3, 0.4) is 0 Å². The van der Waals surface area contributed by atoms with Crippen molar-refractivity contribution in [1.82, 2.24) is 4.90 Å². The molecule has 6 heteroatoms. The van der Waals surface area contributed by atoms with Crippen LogP contribution in [0.5, 0.6) is 0 Å². The normalized spacial score (nSPS) is 13.2. The summed E-state index contributed by atoms with van der Waals surface area (Å²) in [6, 6.07) is 9.16.